The van der Waals surface area contributed by atoms with Crippen LogP contribution in [0.1, 0.15) is 18.4 Å². The maximum atomic E-state index is 11.8. The van der Waals surface area contributed by atoms with Gasteiger partial charge < -0.3 is 10.2 Å². The van der Waals surface area contributed by atoms with Gasteiger partial charge in [-0.2, -0.15) is 0 Å². The summed E-state index contributed by atoms with van der Waals surface area (Å²) in [7, 11) is -3.31. The third-order valence-corrected chi connectivity index (χ3v) is 5.93. The van der Waals surface area contributed by atoms with Crippen LogP contribution in [0.2, 0.25) is 0 Å². The van der Waals surface area contributed by atoms with Gasteiger partial charge in [-0.15, -0.1) is 0 Å². The van der Waals surface area contributed by atoms with Crippen LogP contribution in [-0.4, -0.2) is 37.1 Å². The van der Waals surface area contributed by atoms with E-state index in [-0.39, 0.29) is 10.8 Å². The van der Waals surface area contributed by atoms with E-state index in [0.717, 1.165) is 24.2 Å². The number of amides is 1. The van der Waals surface area contributed by atoms with E-state index in [1.165, 1.54) is 12.6 Å². The van der Waals surface area contributed by atoms with Crippen LogP contribution in [0.4, 0.5) is 11.5 Å². The molecule has 1 fully saturated rings. The summed E-state index contributed by atoms with van der Waals surface area (Å²) in [6.07, 6.45) is 4.14. The molecule has 0 aliphatic carbocycles. The Hall–Kier alpha value is -3.00. The molecule has 28 heavy (non-hydrogen) atoms. The lowest BCUT2D eigenvalue weighted by Gasteiger charge is -2.16. The van der Waals surface area contributed by atoms with Gasteiger partial charge in [0.15, 0.2) is 9.84 Å². The molecule has 1 N–H and O–H groups in total. The first-order chi connectivity index (χ1) is 13.4. The SMILES string of the molecule is CS(=O)(=O)c1ccc2ncnc(NCc3ccc(N4CCCC4=O)cc3)c2c1. The van der Waals surface area contributed by atoms with Gasteiger partial charge in [0, 0.05) is 36.8 Å². The standard InChI is InChI=1S/C20H20N4O3S/c1-28(26,27)16-8-9-18-17(11-16)20(23-13-22-18)21-12-14-4-6-15(7-5-14)24-10-2-3-19(24)25/h4-9,11,13H,2-3,10,12H2,1H3,(H,21,22,23). The quantitative estimate of drug-likeness (QED) is 0.713. The van der Waals surface area contributed by atoms with E-state index in [0.29, 0.717) is 29.7 Å². The van der Waals surface area contributed by atoms with Crippen molar-refractivity contribution in [2.24, 2.45) is 0 Å². The normalized spacial score (nSPS) is 14.6. The molecule has 1 aromatic heterocycles. The number of aromatic nitrogens is 2. The predicted octanol–water partition coefficient (Wildman–Crippen LogP) is 2.77. The van der Waals surface area contributed by atoms with E-state index in [1.807, 2.05) is 29.2 Å². The van der Waals surface area contributed by atoms with Crippen LogP contribution in [0.15, 0.2) is 53.7 Å². The Kier molecular flexibility index (Phi) is 4.72. The number of nitrogens with one attached hydrogen (secondary N) is 1. The average molecular weight is 396 g/mol. The third-order valence-electron chi connectivity index (χ3n) is 4.82. The molecule has 0 unspecified atom stereocenters. The number of anilines is 2. The molecule has 3 aromatic rings. The zero-order valence-electron chi connectivity index (χ0n) is 15.4. The van der Waals surface area contributed by atoms with Crippen LogP contribution < -0.4 is 10.2 Å². The van der Waals surface area contributed by atoms with E-state index in [1.54, 1.807) is 18.2 Å². The number of hydrogen-bond donors (Lipinski definition) is 1. The highest BCUT2D eigenvalue weighted by Gasteiger charge is 2.21. The minimum absolute atomic E-state index is 0.167. The molecule has 4 rings (SSSR count). The summed E-state index contributed by atoms with van der Waals surface area (Å²) in [6.45, 7) is 1.29. The fraction of sp³-hybridized carbons (Fsp3) is 0.250. The molecule has 7 nitrogen and oxygen atoms in total. The number of nitrogens with zero attached hydrogens (tertiary/aromatic N) is 3. The van der Waals surface area contributed by atoms with Crippen LogP contribution >= 0.6 is 0 Å². The first-order valence-electron chi connectivity index (χ1n) is 9.00. The summed E-state index contributed by atoms with van der Waals surface area (Å²) in [5.41, 5.74) is 2.62. The number of sulfone groups is 1. The zero-order chi connectivity index (χ0) is 19.7. The van der Waals surface area contributed by atoms with E-state index in [4.69, 9.17) is 0 Å². The van der Waals surface area contributed by atoms with Crippen molar-refractivity contribution >= 4 is 38.2 Å². The van der Waals surface area contributed by atoms with Crippen molar-refractivity contribution in [2.45, 2.75) is 24.3 Å². The highest BCUT2D eigenvalue weighted by Crippen LogP contribution is 2.24. The van der Waals surface area contributed by atoms with Crippen molar-refractivity contribution in [3.63, 3.8) is 0 Å². The third kappa shape index (κ3) is 3.68. The fourth-order valence-electron chi connectivity index (χ4n) is 3.31. The largest absolute Gasteiger partial charge is 0.365 e. The van der Waals surface area contributed by atoms with Crippen LogP contribution in [0.3, 0.4) is 0 Å². The summed E-state index contributed by atoms with van der Waals surface area (Å²) < 4.78 is 23.7. The molecule has 8 heteroatoms. The van der Waals surface area contributed by atoms with Crippen LogP contribution in [0.25, 0.3) is 10.9 Å². The Morgan fingerprint density at radius 2 is 1.89 bits per heavy atom. The van der Waals surface area contributed by atoms with E-state index >= 15 is 0 Å². The molecule has 0 radical (unpaired) electrons. The number of rotatable bonds is 5. The van der Waals surface area contributed by atoms with Gasteiger partial charge >= 0.3 is 0 Å². The van der Waals surface area contributed by atoms with Crippen molar-refractivity contribution in [2.75, 3.05) is 23.0 Å². The molecule has 1 saturated heterocycles. The zero-order valence-corrected chi connectivity index (χ0v) is 16.2. The van der Waals surface area contributed by atoms with Crippen LogP contribution in [0, 0.1) is 0 Å². The molecular formula is C20H20N4O3S. The highest BCUT2D eigenvalue weighted by atomic mass is 32.2. The van der Waals surface area contributed by atoms with Gasteiger partial charge in [-0.05, 0) is 42.3 Å². The lowest BCUT2D eigenvalue weighted by Crippen LogP contribution is -2.23. The molecule has 0 bridgehead atoms. The van der Waals surface area contributed by atoms with Gasteiger partial charge in [0.2, 0.25) is 5.91 Å². The topological polar surface area (TPSA) is 92.3 Å². The smallest absolute Gasteiger partial charge is 0.227 e. The molecule has 1 aliphatic rings. The summed E-state index contributed by atoms with van der Waals surface area (Å²) in [5.74, 6) is 0.745. The molecule has 1 amide bonds. The van der Waals surface area contributed by atoms with Gasteiger partial charge in [0.05, 0.1) is 10.4 Å². The second-order valence-electron chi connectivity index (χ2n) is 6.84. The Morgan fingerprint density at radius 3 is 2.57 bits per heavy atom. The van der Waals surface area contributed by atoms with Gasteiger partial charge in [-0.1, -0.05) is 12.1 Å². The average Bonchev–Trinajstić information content (AvgIpc) is 3.11. The van der Waals surface area contributed by atoms with Crippen molar-refractivity contribution in [3.8, 4) is 0 Å². The molecular weight excluding hydrogens is 376 g/mol. The minimum Gasteiger partial charge on any atom is -0.365 e. The lowest BCUT2D eigenvalue weighted by atomic mass is 10.2. The van der Waals surface area contributed by atoms with Crippen LogP contribution in [-0.2, 0) is 21.2 Å². The second-order valence-corrected chi connectivity index (χ2v) is 8.86. The summed E-state index contributed by atoms with van der Waals surface area (Å²) in [4.78, 5) is 22.4. The van der Waals surface area contributed by atoms with Crippen molar-refractivity contribution in [3.05, 3.63) is 54.4 Å². The lowest BCUT2D eigenvalue weighted by molar-refractivity contribution is -0.117. The maximum Gasteiger partial charge on any atom is 0.227 e. The number of hydrogen-bond acceptors (Lipinski definition) is 6. The second kappa shape index (κ2) is 7.20. The number of carbonyl (C=O) groups is 1. The van der Waals surface area contributed by atoms with Crippen molar-refractivity contribution in [1.29, 1.82) is 0 Å². The molecule has 0 saturated carbocycles. The summed E-state index contributed by atoms with van der Waals surface area (Å²) in [6, 6.07) is 12.7. The molecule has 0 spiro atoms. The minimum atomic E-state index is -3.31. The Bertz CT molecular complexity index is 1140. The Morgan fingerprint density at radius 1 is 1.11 bits per heavy atom. The predicted molar refractivity (Wildman–Crippen MR) is 108 cm³/mol. The first kappa shape index (κ1) is 18.4. The number of carbonyl (C=O) groups excluding carboxylic acids is 1. The van der Waals surface area contributed by atoms with Gasteiger partial charge in [0.1, 0.15) is 12.1 Å². The summed E-state index contributed by atoms with van der Waals surface area (Å²) >= 11 is 0. The van der Waals surface area contributed by atoms with E-state index < -0.39 is 9.84 Å². The summed E-state index contributed by atoms with van der Waals surface area (Å²) in [5, 5.41) is 3.91. The Balaban J connectivity index is 1.54. The maximum absolute atomic E-state index is 11.8. The van der Waals surface area contributed by atoms with Crippen molar-refractivity contribution in [1.82, 2.24) is 9.97 Å². The number of fused-ring (bicyclic) bond motifs is 1. The van der Waals surface area contributed by atoms with Crippen molar-refractivity contribution < 1.29 is 13.2 Å². The van der Waals surface area contributed by atoms with Gasteiger partial charge in [-0.3, -0.25) is 4.79 Å². The fourth-order valence-corrected chi connectivity index (χ4v) is 3.96. The van der Waals surface area contributed by atoms with E-state index in [9.17, 15) is 13.2 Å². The van der Waals surface area contributed by atoms with Gasteiger partial charge in [-0.25, -0.2) is 18.4 Å². The number of benzene rings is 2. The highest BCUT2D eigenvalue weighted by molar-refractivity contribution is 7.90. The molecule has 144 valence electrons. The molecule has 0 atom stereocenters. The Labute approximate surface area is 163 Å². The molecule has 2 aromatic carbocycles. The monoisotopic (exact) mass is 396 g/mol. The molecule has 2 heterocycles. The molecule has 1 aliphatic heterocycles. The van der Waals surface area contributed by atoms with Gasteiger partial charge in [0.25, 0.3) is 0 Å². The van der Waals surface area contributed by atoms with Crippen LogP contribution in [0.5, 0.6) is 0 Å². The van der Waals surface area contributed by atoms with E-state index in [2.05, 4.69) is 15.3 Å². The first-order valence-corrected chi connectivity index (χ1v) is 10.9.